The van der Waals surface area contributed by atoms with Crippen molar-refractivity contribution in [2.45, 2.75) is 31.9 Å². The van der Waals surface area contributed by atoms with Crippen molar-refractivity contribution in [2.75, 3.05) is 11.1 Å². The van der Waals surface area contributed by atoms with Crippen molar-refractivity contribution >= 4 is 35.1 Å². The van der Waals surface area contributed by atoms with Crippen LogP contribution in [-0.2, 0) is 16.0 Å². The Morgan fingerprint density at radius 3 is 2.61 bits per heavy atom. The lowest BCUT2D eigenvalue weighted by Crippen LogP contribution is -2.18. The molecule has 0 aliphatic heterocycles. The number of carbonyl (C=O) groups is 1. The Hall–Kier alpha value is -2.38. The first-order valence-corrected chi connectivity index (χ1v) is 10.4. The largest absolute Gasteiger partial charge is 0.310 e. The molecular weight excluding hydrogens is 394 g/mol. The smallest absolute Gasteiger partial charge is 0.252 e. The summed E-state index contributed by atoms with van der Waals surface area (Å²) in [5.41, 5.74) is 1.77. The van der Waals surface area contributed by atoms with E-state index in [1.165, 1.54) is 11.8 Å². The number of anilines is 1. The Kier molecular flexibility index (Phi) is 6.36. The first kappa shape index (κ1) is 20.4. The van der Waals surface area contributed by atoms with Crippen LogP contribution in [0.3, 0.4) is 0 Å². The zero-order valence-corrected chi connectivity index (χ0v) is 17.6. The second kappa shape index (κ2) is 8.75. The van der Waals surface area contributed by atoms with E-state index in [2.05, 4.69) is 41.2 Å². The molecule has 3 aromatic rings. The molecule has 0 bridgehead atoms. The molecule has 1 aromatic carbocycles. The van der Waals surface area contributed by atoms with Gasteiger partial charge in [0, 0.05) is 34.7 Å². The van der Waals surface area contributed by atoms with E-state index in [-0.39, 0.29) is 11.3 Å². The minimum absolute atomic E-state index is 0.107. The van der Waals surface area contributed by atoms with E-state index in [1.807, 2.05) is 30.3 Å². The van der Waals surface area contributed by atoms with Gasteiger partial charge >= 0.3 is 0 Å². The lowest BCUT2D eigenvalue weighted by Gasteiger charge is -2.13. The molecule has 0 saturated heterocycles. The van der Waals surface area contributed by atoms with E-state index in [0.29, 0.717) is 28.3 Å². The molecule has 28 heavy (non-hydrogen) atoms. The maximum Gasteiger partial charge on any atom is 0.252 e. The number of halogens is 1. The Bertz CT molecular complexity index is 953. The summed E-state index contributed by atoms with van der Waals surface area (Å²) >= 11 is 7.52. The van der Waals surface area contributed by atoms with Crippen LogP contribution >= 0.6 is 23.4 Å². The number of carbonyl (C=O) groups excluding carboxylic acids is 1. The van der Waals surface area contributed by atoms with Crippen molar-refractivity contribution in [2.24, 2.45) is 0 Å². The highest BCUT2D eigenvalue weighted by Gasteiger charge is 2.22. The van der Waals surface area contributed by atoms with Gasteiger partial charge in [-0.05, 0) is 23.8 Å². The van der Waals surface area contributed by atoms with Crippen LogP contribution in [0.5, 0.6) is 0 Å². The summed E-state index contributed by atoms with van der Waals surface area (Å²) in [6.07, 6.45) is 3.29. The molecule has 0 fully saturated rings. The van der Waals surface area contributed by atoms with Gasteiger partial charge in [0.25, 0.3) is 5.95 Å². The fourth-order valence-electron chi connectivity index (χ4n) is 2.46. The van der Waals surface area contributed by atoms with Crippen LogP contribution in [0, 0.1) is 0 Å². The van der Waals surface area contributed by atoms with E-state index in [9.17, 15) is 4.79 Å². The fourth-order valence-corrected chi connectivity index (χ4v) is 3.44. The number of nitrogens with one attached hydrogen (secondary N) is 1. The van der Waals surface area contributed by atoms with Gasteiger partial charge < -0.3 is 5.32 Å². The molecule has 0 aliphatic rings. The molecule has 1 N–H and O–H groups in total. The third-order valence-electron chi connectivity index (χ3n) is 3.88. The van der Waals surface area contributed by atoms with Crippen molar-refractivity contribution in [1.29, 1.82) is 0 Å². The van der Waals surface area contributed by atoms with Crippen molar-refractivity contribution in [3.05, 3.63) is 65.1 Å². The highest BCUT2D eigenvalue weighted by molar-refractivity contribution is 7.99. The van der Waals surface area contributed by atoms with Crippen LogP contribution in [-0.4, -0.2) is 31.4 Å². The van der Waals surface area contributed by atoms with Gasteiger partial charge in [-0.2, -0.15) is 9.78 Å². The molecule has 0 unspecified atom stereocenters. The van der Waals surface area contributed by atoms with Gasteiger partial charge in [-0.3, -0.25) is 4.79 Å². The molecule has 1 amide bonds. The van der Waals surface area contributed by atoms with Crippen molar-refractivity contribution in [1.82, 2.24) is 19.7 Å². The Morgan fingerprint density at radius 1 is 1.18 bits per heavy atom. The summed E-state index contributed by atoms with van der Waals surface area (Å²) in [7, 11) is 0. The molecule has 146 valence electrons. The number of hydrogen-bond acceptors (Lipinski definition) is 5. The predicted molar refractivity (Wildman–Crippen MR) is 114 cm³/mol. The van der Waals surface area contributed by atoms with Crippen molar-refractivity contribution in [3.63, 3.8) is 0 Å². The standard InChI is InChI=1S/C20H22ClN5OS/c1-20(2,3)16-11-17(26(25-16)19-22-8-5-9-23-19)24-18(27)13-28-12-14-6-4-7-15(21)10-14/h4-11H,12-13H2,1-3H3,(H,24,27). The Balaban J connectivity index is 1.70. The van der Waals surface area contributed by atoms with Crippen LogP contribution in [0.2, 0.25) is 5.02 Å². The number of hydrogen-bond donors (Lipinski definition) is 1. The van der Waals surface area contributed by atoms with Crippen molar-refractivity contribution in [3.8, 4) is 5.95 Å². The topological polar surface area (TPSA) is 72.7 Å². The van der Waals surface area contributed by atoms with E-state index in [4.69, 9.17) is 11.6 Å². The SMILES string of the molecule is CC(C)(C)c1cc(NC(=O)CSCc2cccc(Cl)c2)n(-c2ncccn2)n1. The van der Waals surface area contributed by atoms with Crippen LogP contribution in [0.1, 0.15) is 32.0 Å². The molecule has 2 aromatic heterocycles. The number of thioether (sulfide) groups is 1. The summed E-state index contributed by atoms with van der Waals surface area (Å²) in [5.74, 6) is 1.90. The summed E-state index contributed by atoms with van der Waals surface area (Å²) in [4.78, 5) is 21.0. The lowest BCUT2D eigenvalue weighted by molar-refractivity contribution is -0.113. The highest BCUT2D eigenvalue weighted by Crippen LogP contribution is 2.25. The predicted octanol–water partition coefficient (Wildman–Crippen LogP) is 4.49. The van der Waals surface area contributed by atoms with E-state index < -0.39 is 0 Å². The molecule has 6 nitrogen and oxygen atoms in total. The lowest BCUT2D eigenvalue weighted by atomic mass is 9.92. The molecule has 0 radical (unpaired) electrons. The van der Waals surface area contributed by atoms with Crippen molar-refractivity contribution < 1.29 is 4.79 Å². The molecule has 0 atom stereocenters. The first-order chi connectivity index (χ1) is 13.3. The summed E-state index contributed by atoms with van der Waals surface area (Å²) in [5, 5.41) is 8.23. The number of nitrogens with zero attached hydrogens (tertiary/aromatic N) is 4. The Morgan fingerprint density at radius 2 is 1.93 bits per heavy atom. The van der Waals surface area contributed by atoms with Gasteiger partial charge in [-0.25, -0.2) is 9.97 Å². The van der Waals surface area contributed by atoms with Gasteiger partial charge in [0.2, 0.25) is 5.91 Å². The first-order valence-electron chi connectivity index (χ1n) is 8.83. The quantitative estimate of drug-likeness (QED) is 0.642. The van der Waals surface area contributed by atoms with Crippen LogP contribution in [0.4, 0.5) is 5.82 Å². The zero-order chi connectivity index (χ0) is 20.1. The number of amides is 1. The van der Waals surface area contributed by atoms with Gasteiger partial charge in [-0.1, -0.05) is 44.5 Å². The number of rotatable bonds is 6. The average molecular weight is 416 g/mol. The molecular formula is C20H22ClN5OS. The molecule has 0 saturated carbocycles. The van der Waals surface area contributed by atoms with Gasteiger partial charge in [-0.15, -0.1) is 11.8 Å². The Labute approximate surface area is 173 Å². The van der Waals surface area contributed by atoms with E-state index in [0.717, 1.165) is 11.3 Å². The number of aromatic nitrogens is 4. The highest BCUT2D eigenvalue weighted by atomic mass is 35.5. The minimum Gasteiger partial charge on any atom is -0.310 e. The van der Waals surface area contributed by atoms with E-state index >= 15 is 0 Å². The van der Waals surface area contributed by atoms with Crippen LogP contribution < -0.4 is 5.32 Å². The van der Waals surface area contributed by atoms with Gasteiger partial charge in [0.15, 0.2) is 0 Å². The van der Waals surface area contributed by atoms with E-state index in [1.54, 1.807) is 23.1 Å². The normalized spacial score (nSPS) is 11.4. The number of benzene rings is 1. The third-order valence-corrected chi connectivity index (χ3v) is 5.12. The minimum atomic E-state index is -0.166. The maximum atomic E-state index is 12.5. The monoisotopic (exact) mass is 415 g/mol. The summed E-state index contributed by atoms with van der Waals surface area (Å²) in [6, 6.07) is 11.3. The molecule has 8 heteroatoms. The van der Waals surface area contributed by atoms with Gasteiger partial charge in [0.1, 0.15) is 5.82 Å². The van der Waals surface area contributed by atoms with Gasteiger partial charge in [0.05, 0.1) is 11.4 Å². The summed E-state index contributed by atoms with van der Waals surface area (Å²) in [6.45, 7) is 6.20. The fraction of sp³-hybridized carbons (Fsp3) is 0.300. The second-order valence-electron chi connectivity index (χ2n) is 7.30. The molecule has 2 heterocycles. The molecule has 0 spiro atoms. The van der Waals surface area contributed by atoms with Crippen LogP contribution in [0.25, 0.3) is 5.95 Å². The maximum absolute atomic E-state index is 12.5. The molecule has 3 rings (SSSR count). The zero-order valence-electron chi connectivity index (χ0n) is 16.0. The van der Waals surface area contributed by atoms with Crippen LogP contribution in [0.15, 0.2) is 48.8 Å². The molecule has 0 aliphatic carbocycles. The average Bonchev–Trinajstić information content (AvgIpc) is 3.07. The summed E-state index contributed by atoms with van der Waals surface area (Å²) < 4.78 is 1.57. The second-order valence-corrected chi connectivity index (χ2v) is 8.72. The third kappa shape index (κ3) is 5.33.